The molecule has 4 heteroatoms. The minimum absolute atomic E-state index is 0.128. The first-order valence-electron chi connectivity index (χ1n) is 6.37. The quantitative estimate of drug-likeness (QED) is 0.741. The molecule has 102 valence electrons. The maximum atomic E-state index is 6.14. The lowest BCUT2D eigenvalue weighted by atomic mass is 10.1. The van der Waals surface area contributed by atoms with Gasteiger partial charge in [-0.3, -0.25) is 0 Å². The van der Waals surface area contributed by atoms with Crippen molar-refractivity contribution in [1.29, 1.82) is 0 Å². The monoisotopic (exact) mass is 333 g/mol. The molecule has 0 spiro atoms. The number of benzene rings is 1. The zero-order valence-corrected chi connectivity index (χ0v) is 13.5. The molecule has 0 heterocycles. The van der Waals surface area contributed by atoms with Gasteiger partial charge in [-0.05, 0) is 37.1 Å². The average molecular weight is 335 g/mol. The number of ether oxygens (including phenoxy) is 1. The third-order valence-electron chi connectivity index (χ3n) is 2.69. The van der Waals surface area contributed by atoms with Crippen LogP contribution in [0.25, 0.3) is 0 Å². The Labute approximate surface area is 123 Å². The molecule has 0 amide bonds. The summed E-state index contributed by atoms with van der Waals surface area (Å²) in [5.41, 5.74) is 0. The number of nitrogens with one attached hydrogen (secondary N) is 1. The Morgan fingerprint density at radius 2 is 2.11 bits per heavy atom. The van der Waals surface area contributed by atoms with E-state index in [2.05, 4.69) is 42.0 Å². The van der Waals surface area contributed by atoms with E-state index in [4.69, 9.17) is 16.3 Å². The summed E-state index contributed by atoms with van der Waals surface area (Å²) in [6.07, 6.45) is 1.26. The largest absolute Gasteiger partial charge is 0.487 e. The molecule has 0 aliphatic carbocycles. The van der Waals surface area contributed by atoms with Gasteiger partial charge in [-0.15, -0.1) is 0 Å². The lowest BCUT2D eigenvalue weighted by Crippen LogP contribution is -2.35. The number of halogens is 2. The van der Waals surface area contributed by atoms with Gasteiger partial charge < -0.3 is 10.1 Å². The van der Waals surface area contributed by atoms with E-state index in [9.17, 15) is 0 Å². The lowest BCUT2D eigenvalue weighted by Gasteiger charge is -2.23. The van der Waals surface area contributed by atoms with E-state index in [0.29, 0.717) is 10.9 Å². The van der Waals surface area contributed by atoms with E-state index in [-0.39, 0.29) is 6.10 Å². The maximum absolute atomic E-state index is 6.14. The summed E-state index contributed by atoms with van der Waals surface area (Å²) in [6, 6.07) is 5.67. The van der Waals surface area contributed by atoms with Crippen LogP contribution in [0.2, 0.25) is 5.02 Å². The second kappa shape index (κ2) is 8.03. The summed E-state index contributed by atoms with van der Waals surface area (Å²) in [5, 5.41) is 4.04. The Kier molecular flexibility index (Phi) is 7.05. The SMILES string of the molecule is CCCNCC(Oc1cc(Br)ccc1Cl)C(C)C. The highest BCUT2D eigenvalue weighted by Gasteiger charge is 2.16. The van der Waals surface area contributed by atoms with Crippen LogP contribution >= 0.6 is 27.5 Å². The van der Waals surface area contributed by atoms with Crippen molar-refractivity contribution in [3.05, 3.63) is 27.7 Å². The van der Waals surface area contributed by atoms with Crippen LogP contribution in [0.4, 0.5) is 0 Å². The van der Waals surface area contributed by atoms with Crippen LogP contribution in [-0.4, -0.2) is 19.2 Å². The fourth-order valence-electron chi connectivity index (χ4n) is 1.57. The summed E-state index contributed by atoms with van der Waals surface area (Å²) in [7, 11) is 0. The summed E-state index contributed by atoms with van der Waals surface area (Å²) in [5.74, 6) is 1.17. The van der Waals surface area contributed by atoms with Crippen molar-refractivity contribution < 1.29 is 4.74 Å². The lowest BCUT2D eigenvalue weighted by molar-refractivity contribution is 0.149. The van der Waals surface area contributed by atoms with Gasteiger partial charge in [0.2, 0.25) is 0 Å². The molecule has 1 aromatic rings. The highest BCUT2D eigenvalue weighted by molar-refractivity contribution is 9.10. The van der Waals surface area contributed by atoms with Crippen LogP contribution in [0.5, 0.6) is 5.75 Å². The molecule has 0 aromatic heterocycles. The molecule has 0 saturated heterocycles. The molecule has 0 radical (unpaired) electrons. The summed E-state index contributed by atoms with van der Waals surface area (Å²) in [6.45, 7) is 8.32. The van der Waals surface area contributed by atoms with Crippen molar-refractivity contribution in [1.82, 2.24) is 5.32 Å². The Balaban J connectivity index is 2.67. The maximum Gasteiger partial charge on any atom is 0.139 e. The van der Waals surface area contributed by atoms with Gasteiger partial charge in [0.15, 0.2) is 0 Å². The third-order valence-corrected chi connectivity index (χ3v) is 3.49. The first-order valence-corrected chi connectivity index (χ1v) is 7.54. The fourth-order valence-corrected chi connectivity index (χ4v) is 2.07. The fraction of sp³-hybridized carbons (Fsp3) is 0.571. The molecule has 1 aromatic carbocycles. The standard InChI is InChI=1S/C14H21BrClNO/c1-4-7-17-9-14(10(2)3)18-13-8-11(15)5-6-12(13)16/h5-6,8,10,14,17H,4,7,9H2,1-3H3. The van der Waals surface area contributed by atoms with Gasteiger partial charge >= 0.3 is 0 Å². The van der Waals surface area contributed by atoms with Crippen molar-refractivity contribution in [3.8, 4) is 5.75 Å². The van der Waals surface area contributed by atoms with Crippen molar-refractivity contribution in [2.45, 2.75) is 33.3 Å². The molecule has 0 bridgehead atoms. The van der Waals surface area contributed by atoms with Gasteiger partial charge in [0.05, 0.1) is 5.02 Å². The number of hydrogen-bond acceptors (Lipinski definition) is 2. The smallest absolute Gasteiger partial charge is 0.139 e. The molecule has 1 atom stereocenters. The van der Waals surface area contributed by atoms with Gasteiger partial charge in [0.25, 0.3) is 0 Å². The van der Waals surface area contributed by atoms with Crippen molar-refractivity contribution in [2.75, 3.05) is 13.1 Å². The Bertz CT molecular complexity index is 371. The highest BCUT2D eigenvalue weighted by atomic mass is 79.9. The molecule has 2 nitrogen and oxygen atoms in total. The molecule has 0 aliphatic heterocycles. The van der Waals surface area contributed by atoms with Gasteiger partial charge in [-0.2, -0.15) is 0 Å². The topological polar surface area (TPSA) is 21.3 Å². The molecule has 1 rings (SSSR count). The third kappa shape index (κ3) is 5.17. The predicted molar refractivity (Wildman–Crippen MR) is 81.6 cm³/mol. The van der Waals surface area contributed by atoms with Crippen molar-refractivity contribution in [3.63, 3.8) is 0 Å². The Hall–Kier alpha value is -0.250. The van der Waals surface area contributed by atoms with Gasteiger partial charge in [0.1, 0.15) is 11.9 Å². The first-order chi connectivity index (χ1) is 8.54. The second-order valence-corrected chi connectivity index (χ2v) is 6.00. The first kappa shape index (κ1) is 15.8. The van der Waals surface area contributed by atoms with Crippen LogP contribution in [0.3, 0.4) is 0 Å². The molecule has 0 aliphatic rings. The van der Waals surface area contributed by atoms with Gasteiger partial charge in [-0.25, -0.2) is 0 Å². The molecule has 18 heavy (non-hydrogen) atoms. The Morgan fingerprint density at radius 1 is 1.39 bits per heavy atom. The van der Waals surface area contributed by atoms with E-state index in [0.717, 1.165) is 29.7 Å². The van der Waals surface area contributed by atoms with Crippen LogP contribution < -0.4 is 10.1 Å². The van der Waals surface area contributed by atoms with Crippen LogP contribution in [0, 0.1) is 5.92 Å². The number of rotatable bonds is 7. The van der Waals surface area contributed by atoms with E-state index in [1.807, 2.05) is 18.2 Å². The van der Waals surface area contributed by atoms with Crippen LogP contribution in [0.15, 0.2) is 22.7 Å². The minimum Gasteiger partial charge on any atom is -0.487 e. The van der Waals surface area contributed by atoms with Crippen molar-refractivity contribution >= 4 is 27.5 Å². The van der Waals surface area contributed by atoms with E-state index >= 15 is 0 Å². The number of hydrogen-bond donors (Lipinski definition) is 1. The van der Waals surface area contributed by atoms with Crippen LogP contribution in [0.1, 0.15) is 27.2 Å². The zero-order valence-electron chi connectivity index (χ0n) is 11.2. The van der Waals surface area contributed by atoms with E-state index in [1.54, 1.807) is 0 Å². The summed E-state index contributed by atoms with van der Waals surface area (Å²) in [4.78, 5) is 0. The summed E-state index contributed by atoms with van der Waals surface area (Å²) >= 11 is 9.57. The molecule has 0 saturated carbocycles. The predicted octanol–water partition coefficient (Wildman–Crippen LogP) is 4.51. The molecule has 0 fully saturated rings. The van der Waals surface area contributed by atoms with E-state index < -0.39 is 0 Å². The van der Waals surface area contributed by atoms with Crippen molar-refractivity contribution in [2.24, 2.45) is 5.92 Å². The normalized spacial score (nSPS) is 12.8. The zero-order chi connectivity index (χ0) is 13.5. The molecule has 1 N–H and O–H groups in total. The second-order valence-electron chi connectivity index (χ2n) is 4.68. The van der Waals surface area contributed by atoms with E-state index in [1.165, 1.54) is 0 Å². The van der Waals surface area contributed by atoms with Crippen LogP contribution in [-0.2, 0) is 0 Å². The molecule has 1 unspecified atom stereocenters. The van der Waals surface area contributed by atoms with Gasteiger partial charge in [-0.1, -0.05) is 48.3 Å². The Morgan fingerprint density at radius 3 is 2.72 bits per heavy atom. The van der Waals surface area contributed by atoms with Gasteiger partial charge in [0, 0.05) is 11.0 Å². The molecular weight excluding hydrogens is 314 g/mol. The highest BCUT2D eigenvalue weighted by Crippen LogP contribution is 2.29. The summed E-state index contributed by atoms with van der Waals surface area (Å²) < 4.78 is 6.99. The minimum atomic E-state index is 0.128. The average Bonchev–Trinajstić information content (AvgIpc) is 2.32. The molecular formula is C14H21BrClNO.